The molecule has 0 fully saturated rings. The maximum absolute atomic E-state index is 12.3. The van der Waals surface area contributed by atoms with Crippen molar-refractivity contribution in [2.45, 2.75) is 38.6 Å². The van der Waals surface area contributed by atoms with Crippen LogP contribution in [0.5, 0.6) is 0 Å². The van der Waals surface area contributed by atoms with Crippen LogP contribution in [-0.4, -0.2) is 29.3 Å². The lowest BCUT2D eigenvalue weighted by Crippen LogP contribution is -2.36. The minimum atomic E-state index is -0.373. The number of hydrogen-bond donors (Lipinski definition) is 2. The molecule has 0 bridgehead atoms. The maximum atomic E-state index is 12.3. The van der Waals surface area contributed by atoms with E-state index in [-0.39, 0.29) is 17.4 Å². The minimum absolute atomic E-state index is 0.0307. The highest BCUT2D eigenvalue weighted by Gasteiger charge is 2.19. The van der Waals surface area contributed by atoms with E-state index in [1.165, 1.54) is 11.1 Å². The van der Waals surface area contributed by atoms with Gasteiger partial charge in [-0.15, -0.1) is 0 Å². The summed E-state index contributed by atoms with van der Waals surface area (Å²) < 4.78 is 1.70. The lowest BCUT2D eigenvalue weighted by atomic mass is 9.86. The number of carbonyl (C=O) groups excluding carboxylic acids is 1. The third kappa shape index (κ3) is 4.68. The fourth-order valence-electron chi connectivity index (χ4n) is 2.64. The number of hydrogen-bond acceptors (Lipinski definition) is 3. The quantitative estimate of drug-likeness (QED) is 0.856. The summed E-state index contributed by atoms with van der Waals surface area (Å²) in [6.45, 7) is 7.24. The van der Waals surface area contributed by atoms with Gasteiger partial charge in [-0.1, -0.05) is 45.0 Å². The molecule has 0 aliphatic rings. The van der Waals surface area contributed by atoms with E-state index < -0.39 is 0 Å². The van der Waals surface area contributed by atoms with Crippen LogP contribution in [-0.2, 0) is 23.7 Å². The molecule has 0 spiro atoms. The molecule has 1 aromatic heterocycles. The molecule has 0 aliphatic carbocycles. The molecule has 2 aromatic rings. The number of aryl methyl sites for hydroxylation is 1. The fraction of sp³-hybridized carbons (Fsp3) is 0.474. The van der Waals surface area contributed by atoms with Crippen molar-refractivity contribution >= 4 is 5.91 Å². The van der Waals surface area contributed by atoms with Gasteiger partial charge in [0.1, 0.15) is 6.04 Å². The van der Waals surface area contributed by atoms with Crippen LogP contribution in [0.15, 0.2) is 36.7 Å². The summed E-state index contributed by atoms with van der Waals surface area (Å²) in [6, 6.07) is 8.25. The van der Waals surface area contributed by atoms with Gasteiger partial charge in [0.15, 0.2) is 0 Å². The summed E-state index contributed by atoms with van der Waals surface area (Å²) in [5.74, 6) is -0.0307. The van der Waals surface area contributed by atoms with Gasteiger partial charge in [0, 0.05) is 25.4 Å². The van der Waals surface area contributed by atoms with Crippen molar-refractivity contribution in [3.05, 3.63) is 53.3 Å². The Morgan fingerprint density at radius 2 is 1.92 bits per heavy atom. The number of nitrogens with one attached hydrogen (secondary N) is 2. The predicted octanol–water partition coefficient (Wildman–Crippen LogP) is 2.34. The van der Waals surface area contributed by atoms with Crippen molar-refractivity contribution < 1.29 is 4.79 Å². The van der Waals surface area contributed by atoms with E-state index in [1.54, 1.807) is 17.9 Å². The summed E-state index contributed by atoms with van der Waals surface area (Å²) in [6.07, 6.45) is 4.39. The monoisotopic (exact) mass is 328 g/mol. The Morgan fingerprint density at radius 3 is 2.42 bits per heavy atom. The molecule has 1 amide bonds. The lowest BCUT2D eigenvalue weighted by molar-refractivity contribution is -0.123. The summed E-state index contributed by atoms with van der Waals surface area (Å²) in [4.78, 5) is 12.3. The van der Waals surface area contributed by atoms with Crippen LogP contribution in [0.25, 0.3) is 0 Å². The van der Waals surface area contributed by atoms with E-state index in [2.05, 4.69) is 60.8 Å². The first-order valence-corrected chi connectivity index (χ1v) is 8.34. The van der Waals surface area contributed by atoms with Crippen molar-refractivity contribution in [3.8, 4) is 0 Å². The van der Waals surface area contributed by atoms with Gasteiger partial charge in [-0.3, -0.25) is 9.48 Å². The van der Waals surface area contributed by atoms with Gasteiger partial charge in [-0.2, -0.15) is 5.10 Å². The Kier molecular flexibility index (Phi) is 5.78. The van der Waals surface area contributed by atoms with Crippen LogP contribution in [0, 0.1) is 0 Å². The number of amides is 1. The van der Waals surface area contributed by atoms with Crippen LogP contribution in [0.1, 0.15) is 43.5 Å². The first-order chi connectivity index (χ1) is 11.3. The molecule has 5 heteroatoms. The van der Waals surface area contributed by atoms with Crippen LogP contribution in [0.4, 0.5) is 0 Å². The smallest absolute Gasteiger partial charge is 0.241 e. The zero-order chi connectivity index (χ0) is 17.7. The summed E-state index contributed by atoms with van der Waals surface area (Å²) in [5, 5.41) is 10.2. The molecule has 5 nitrogen and oxygen atoms in total. The molecule has 2 N–H and O–H groups in total. The van der Waals surface area contributed by atoms with E-state index in [0.717, 1.165) is 12.0 Å². The van der Waals surface area contributed by atoms with Crippen molar-refractivity contribution in [2.75, 3.05) is 13.6 Å². The Bertz CT molecular complexity index is 667. The average molecular weight is 328 g/mol. The Balaban J connectivity index is 1.88. The number of benzene rings is 1. The average Bonchev–Trinajstić information content (AvgIpc) is 2.94. The van der Waals surface area contributed by atoms with Gasteiger partial charge in [-0.25, -0.2) is 0 Å². The second-order valence-corrected chi connectivity index (χ2v) is 7.16. The van der Waals surface area contributed by atoms with E-state index in [4.69, 9.17) is 0 Å². The first kappa shape index (κ1) is 18.2. The number of aromatic nitrogens is 2. The molecule has 2 rings (SSSR count). The van der Waals surface area contributed by atoms with Gasteiger partial charge in [0.05, 0.1) is 6.20 Å². The first-order valence-electron chi connectivity index (χ1n) is 8.34. The van der Waals surface area contributed by atoms with Crippen molar-refractivity contribution in [1.29, 1.82) is 0 Å². The van der Waals surface area contributed by atoms with Crippen LogP contribution >= 0.6 is 0 Å². The van der Waals surface area contributed by atoms with E-state index in [9.17, 15) is 4.79 Å². The molecule has 1 aromatic carbocycles. The zero-order valence-electron chi connectivity index (χ0n) is 15.3. The molecule has 1 atom stereocenters. The van der Waals surface area contributed by atoms with Gasteiger partial charge >= 0.3 is 0 Å². The van der Waals surface area contributed by atoms with E-state index in [1.807, 2.05) is 13.2 Å². The zero-order valence-corrected chi connectivity index (χ0v) is 15.3. The predicted molar refractivity (Wildman–Crippen MR) is 96.9 cm³/mol. The molecule has 0 saturated heterocycles. The van der Waals surface area contributed by atoms with Crippen LogP contribution in [0.3, 0.4) is 0 Å². The standard InChI is InChI=1S/C19H28N4O/c1-19(2,3)16-8-6-14(7-9-16)10-11-21-18(24)17(20-4)15-12-22-23(5)13-15/h6-9,12-13,17,20H,10-11H2,1-5H3,(H,21,24). The Morgan fingerprint density at radius 1 is 1.25 bits per heavy atom. The number of likely N-dealkylation sites (N-methyl/N-ethyl adjacent to an activating group) is 1. The van der Waals surface area contributed by atoms with Gasteiger partial charge in [0.2, 0.25) is 5.91 Å². The van der Waals surface area contributed by atoms with Crippen molar-refractivity contribution in [3.63, 3.8) is 0 Å². The molecule has 1 unspecified atom stereocenters. The molecule has 0 radical (unpaired) electrons. The molecule has 0 saturated carbocycles. The molecular weight excluding hydrogens is 300 g/mol. The highest BCUT2D eigenvalue weighted by atomic mass is 16.2. The summed E-state index contributed by atoms with van der Waals surface area (Å²) in [5.41, 5.74) is 3.58. The highest BCUT2D eigenvalue weighted by Crippen LogP contribution is 2.22. The fourth-order valence-corrected chi connectivity index (χ4v) is 2.64. The summed E-state index contributed by atoms with van der Waals surface area (Å²) in [7, 11) is 3.62. The van der Waals surface area contributed by atoms with Gasteiger partial charge in [-0.05, 0) is 30.0 Å². The number of nitrogens with zero attached hydrogens (tertiary/aromatic N) is 2. The van der Waals surface area contributed by atoms with Crippen molar-refractivity contribution in [2.24, 2.45) is 7.05 Å². The molecule has 24 heavy (non-hydrogen) atoms. The highest BCUT2D eigenvalue weighted by molar-refractivity contribution is 5.83. The normalized spacial score (nSPS) is 12.9. The second-order valence-electron chi connectivity index (χ2n) is 7.16. The van der Waals surface area contributed by atoms with Gasteiger partial charge < -0.3 is 10.6 Å². The number of rotatable bonds is 6. The molecule has 1 heterocycles. The van der Waals surface area contributed by atoms with Crippen LogP contribution in [0.2, 0.25) is 0 Å². The number of carbonyl (C=O) groups is 1. The van der Waals surface area contributed by atoms with Crippen molar-refractivity contribution in [1.82, 2.24) is 20.4 Å². The largest absolute Gasteiger partial charge is 0.354 e. The molecule has 130 valence electrons. The van der Waals surface area contributed by atoms with Crippen LogP contribution < -0.4 is 10.6 Å². The third-order valence-corrected chi connectivity index (χ3v) is 4.14. The topological polar surface area (TPSA) is 59.0 Å². The van der Waals surface area contributed by atoms with E-state index >= 15 is 0 Å². The Labute approximate surface area is 144 Å². The molecular formula is C19H28N4O. The summed E-state index contributed by atoms with van der Waals surface area (Å²) >= 11 is 0. The van der Waals surface area contributed by atoms with Gasteiger partial charge in [0.25, 0.3) is 0 Å². The maximum Gasteiger partial charge on any atom is 0.241 e. The third-order valence-electron chi connectivity index (χ3n) is 4.14. The SMILES string of the molecule is CNC(C(=O)NCCc1ccc(C(C)(C)C)cc1)c1cnn(C)c1. The molecule has 0 aliphatic heterocycles. The minimum Gasteiger partial charge on any atom is -0.354 e. The van der Waals surface area contributed by atoms with E-state index in [0.29, 0.717) is 6.54 Å². The Hall–Kier alpha value is -2.14. The lowest BCUT2D eigenvalue weighted by Gasteiger charge is -2.19. The second kappa shape index (κ2) is 7.62.